The molecule has 0 aromatic rings. The topological polar surface area (TPSA) is 26.3 Å². The summed E-state index contributed by atoms with van der Waals surface area (Å²) in [5.74, 6) is 0.838. The van der Waals surface area contributed by atoms with E-state index in [-0.39, 0.29) is 6.10 Å². The molecule has 11 heavy (non-hydrogen) atoms. The fourth-order valence-corrected chi connectivity index (χ4v) is 2.77. The molecule has 2 bridgehead atoms. The molecule has 2 aliphatic carbocycles. The van der Waals surface area contributed by atoms with Crippen molar-refractivity contribution >= 4 is 6.47 Å². The summed E-state index contributed by atoms with van der Waals surface area (Å²) < 4.78 is 5.06. The lowest BCUT2D eigenvalue weighted by atomic mass is 9.84. The number of rotatable bonds is 2. The summed E-state index contributed by atoms with van der Waals surface area (Å²) >= 11 is 0. The second kappa shape index (κ2) is 2.23. The Balaban J connectivity index is 2.08. The molecular weight excluding hydrogens is 140 g/mol. The van der Waals surface area contributed by atoms with Gasteiger partial charge >= 0.3 is 0 Å². The van der Waals surface area contributed by atoms with Crippen LogP contribution in [0.1, 0.15) is 32.6 Å². The second-order valence-electron chi connectivity index (χ2n) is 4.22. The van der Waals surface area contributed by atoms with Crippen LogP contribution in [0.15, 0.2) is 0 Å². The smallest absolute Gasteiger partial charge is 0.293 e. The van der Waals surface area contributed by atoms with Crippen LogP contribution in [-0.2, 0) is 9.53 Å². The predicted molar refractivity (Wildman–Crippen MR) is 41.0 cm³/mol. The van der Waals surface area contributed by atoms with Crippen LogP contribution in [0.3, 0.4) is 0 Å². The van der Waals surface area contributed by atoms with E-state index in [1.54, 1.807) is 0 Å². The number of fused-ring (bicyclic) bond motifs is 2. The third-order valence-electron chi connectivity index (χ3n) is 3.42. The first-order valence-corrected chi connectivity index (χ1v) is 4.34. The van der Waals surface area contributed by atoms with E-state index in [0.717, 1.165) is 12.3 Å². The molecule has 2 heteroatoms. The number of hydrogen-bond acceptors (Lipinski definition) is 2. The van der Waals surface area contributed by atoms with Gasteiger partial charge in [0, 0.05) is 5.41 Å². The predicted octanol–water partition coefficient (Wildman–Crippen LogP) is 1.74. The summed E-state index contributed by atoms with van der Waals surface area (Å²) in [6, 6.07) is 0. The zero-order valence-corrected chi connectivity index (χ0v) is 6.88. The SMILES string of the molecule is CC12CCC(CC1OC=O)C2. The average Bonchev–Trinajstić information content (AvgIpc) is 2.44. The fraction of sp³-hybridized carbons (Fsp3) is 0.889. The highest BCUT2D eigenvalue weighted by Gasteiger charge is 2.50. The summed E-state index contributed by atoms with van der Waals surface area (Å²) in [5.41, 5.74) is 0.325. The van der Waals surface area contributed by atoms with Crippen molar-refractivity contribution in [2.75, 3.05) is 0 Å². The van der Waals surface area contributed by atoms with E-state index in [1.807, 2.05) is 0 Å². The lowest BCUT2D eigenvalue weighted by Crippen LogP contribution is -2.29. The highest BCUT2D eigenvalue weighted by atomic mass is 16.5. The van der Waals surface area contributed by atoms with Gasteiger partial charge in [-0.15, -0.1) is 0 Å². The molecule has 2 aliphatic rings. The highest BCUT2D eigenvalue weighted by molar-refractivity contribution is 5.38. The molecule has 0 heterocycles. The van der Waals surface area contributed by atoms with Gasteiger partial charge in [0.1, 0.15) is 6.10 Å². The zero-order valence-electron chi connectivity index (χ0n) is 6.88. The van der Waals surface area contributed by atoms with Gasteiger partial charge in [-0.2, -0.15) is 0 Å². The Labute approximate surface area is 66.9 Å². The first-order chi connectivity index (χ1) is 5.24. The molecule has 2 rings (SSSR count). The van der Waals surface area contributed by atoms with E-state index in [9.17, 15) is 4.79 Å². The Morgan fingerprint density at radius 2 is 2.45 bits per heavy atom. The summed E-state index contributed by atoms with van der Waals surface area (Å²) in [4.78, 5) is 10.2. The van der Waals surface area contributed by atoms with Gasteiger partial charge in [0.25, 0.3) is 6.47 Å². The molecule has 2 saturated carbocycles. The number of hydrogen-bond donors (Lipinski definition) is 0. The lowest BCUT2D eigenvalue weighted by Gasteiger charge is -2.29. The van der Waals surface area contributed by atoms with Crippen molar-refractivity contribution in [3.63, 3.8) is 0 Å². The summed E-state index contributed by atoms with van der Waals surface area (Å²) in [6.07, 6.45) is 5.19. The minimum absolute atomic E-state index is 0.221. The number of carbonyl (C=O) groups excluding carboxylic acids is 1. The molecule has 0 aromatic carbocycles. The van der Waals surface area contributed by atoms with E-state index in [2.05, 4.69) is 6.92 Å². The maximum atomic E-state index is 10.2. The van der Waals surface area contributed by atoms with Crippen LogP contribution in [0.25, 0.3) is 0 Å². The van der Waals surface area contributed by atoms with Gasteiger partial charge in [0.2, 0.25) is 0 Å². The van der Waals surface area contributed by atoms with E-state index in [1.165, 1.54) is 19.3 Å². The van der Waals surface area contributed by atoms with Crippen LogP contribution < -0.4 is 0 Å². The molecule has 2 nitrogen and oxygen atoms in total. The average molecular weight is 154 g/mol. The Hall–Kier alpha value is -0.530. The number of carbonyl (C=O) groups is 1. The van der Waals surface area contributed by atoms with Crippen molar-refractivity contribution in [1.82, 2.24) is 0 Å². The van der Waals surface area contributed by atoms with Gasteiger partial charge in [0.05, 0.1) is 0 Å². The maximum absolute atomic E-state index is 10.2. The Morgan fingerprint density at radius 3 is 2.91 bits per heavy atom. The molecule has 0 N–H and O–H groups in total. The molecule has 62 valence electrons. The maximum Gasteiger partial charge on any atom is 0.293 e. The van der Waals surface area contributed by atoms with E-state index in [4.69, 9.17) is 4.74 Å². The van der Waals surface area contributed by atoms with E-state index < -0.39 is 0 Å². The van der Waals surface area contributed by atoms with Gasteiger partial charge in [-0.25, -0.2) is 0 Å². The number of ether oxygens (including phenoxy) is 1. The van der Waals surface area contributed by atoms with Crippen molar-refractivity contribution in [1.29, 1.82) is 0 Å². The first kappa shape index (κ1) is 7.14. The van der Waals surface area contributed by atoms with Crippen molar-refractivity contribution in [2.45, 2.75) is 38.7 Å². The van der Waals surface area contributed by atoms with Gasteiger partial charge in [-0.05, 0) is 31.6 Å². The minimum atomic E-state index is 0.221. The Bertz CT molecular complexity index is 178. The molecule has 0 aliphatic heterocycles. The summed E-state index contributed by atoms with van der Waals surface area (Å²) in [7, 11) is 0. The molecule has 0 radical (unpaired) electrons. The molecule has 0 aromatic heterocycles. The van der Waals surface area contributed by atoms with Gasteiger partial charge in [-0.3, -0.25) is 4.79 Å². The van der Waals surface area contributed by atoms with Crippen LogP contribution in [0, 0.1) is 11.3 Å². The van der Waals surface area contributed by atoms with Gasteiger partial charge in [-0.1, -0.05) is 6.92 Å². The van der Waals surface area contributed by atoms with Crippen LogP contribution in [0.2, 0.25) is 0 Å². The van der Waals surface area contributed by atoms with Gasteiger partial charge < -0.3 is 4.74 Å². The van der Waals surface area contributed by atoms with Crippen LogP contribution >= 0.6 is 0 Å². The Kier molecular flexibility index (Phi) is 1.44. The minimum Gasteiger partial charge on any atom is -0.464 e. The van der Waals surface area contributed by atoms with E-state index >= 15 is 0 Å². The van der Waals surface area contributed by atoms with E-state index in [0.29, 0.717) is 11.9 Å². The standard InChI is InChI=1S/C9H14O2/c1-9-3-2-7(5-9)4-8(9)11-6-10/h6-8H,2-5H2,1H3. The zero-order chi connectivity index (χ0) is 7.90. The van der Waals surface area contributed by atoms with Crippen LogP contribution in [-0.4, -0.2) is 12.6 Å². The van der Waals surface area contributed by atoms with Gasteiger partial charge in [0.15, 0.2) is 0 Å². The monoisotopic (exact) mass is 154 g/mol. The fourth-order valence-electron chi connectivity index (χ4n) is 2.77. The normalized spacial score (nSPS) is 47.7. The molecular formula is C9H14O2. The highest BCUT2D eigenvalue weighted by Crippen LogP contribution is 2.54. The van der Waals surface area contributed by atoms with Crippen molar-refractivity contribution in [3.05, 3.63) is 0 Å². The quantitative estimate of drug-likeness (QED) is 0.566. The second-order valence-corrected chi connectivity index (χ2v) is 4.22. The van der Waals surface area contributed by atoms with Crippen molar-refractivity contribution in [3.8, 4) is 0 Å². The molecule has 0 amide bonds. The first-order valence-electron chi connectivity index (χ1n) is 4.34. The molecule has 0 saturated heterocycles. The third kappa shape index (κ3) is 0.959. The molecule has 0 spiro atoms. The third-order valence-corrected chi connectivity index (χ3v) is 3.42. The van der Waals surface area contributed by atoms with Crippen molar-refractivity contribution in [2.24, 2.45) is 11.3 Å². The largest absolute Gasteiger partial charge is 0.464 e. The lowest BCUT2D eigenvalue weighted by molar-refractivity contribution is -0.139. The van der Waals surface area contributed by atoms with Crippen molar-refractivity contribution < 1.29 is 9.53 Å². The Morgan fingerprint density at radius 1 is 1.64 bits per heavy atom. The summed E-state index contributed by atoms with van der Waals surface area (Å²) in [6.45, 7) is 2.85. The molecule has 3 unspecified atom stereocenters. The van der Waals surface area contributed by atoms with Crippen LogP contribution in [0.5, 0.6) is 0 Å². The molecule has 3 atom stereocenters. The molecule has 2 fully saturated rings. The van der Waals surface area contributed by atoms with Crippen LogP contribution in [0.4, 0.5) is 0 Å². The summed E-state index contributed by atoms with van der Waals surface area (Å²) in [5, 5.41) is 0.